The van der Waals surface area contributed by atoms with Gasteiger partial charge in [0.25, 0.3) is 0 Å². The van der Waals surface area contributed by atoms with E-state index < -0.39 is 0 Å². The summed E-state index contributed by atoms with van der Waals surface area (Å²) in [5.41, 5.74) is 6.33. The maximum absolute atomic E-state index is 5.34. The zero-order chi connectivity index (χ0) is 8.27. The third-order valence-electron chi connectivity index (χ3n) is 1.39. The van der Waals surface area contributed by atoms with Crippen LogP contribution in [-0.2, 0) is 6.54 Å². The van der Waals surface area contributed by atoms with Crippen LogP contribution in [0.5, 0.6) is 0 Å². The molecule has 0 amide bonds. The molecule has 1 heterocycles. The van der Waals surface area contributed by atoms with Crippen molar-refractivity contribution in [1.29, 1.82) is 0 Å². The molecule has 0 bridgehead atoms. The summed E-state index contributed by atoms with van der Waals surface area (Å²) < 4.78 is 0. The van der Waals surface area contributed by atoms with Gasteiger partial charge in [-0.15, -0.1) is 12.4 Å². The van der Waals surface area contributed by atoms with E-state index in [-0.39, 0.29) is 12.4 Å². The van der Waals surface area contributed by atoms with Crippen LogP contribution in [0.2, 0.25) is 0 Å². The van der Waals surface area contributed by atoms with Crippen LogP contribution < -0.4 is 10.6 Å². The fraction of sp³-hybridized carbons (Fsp3) is 0.429. The summed E-state index contributed by atoms with van der Waals surface area (Å²) in [5, 5.41) is 0. The molecule has 0 atom stereocenters. The lowest BCUT2D eigenvalue weighted by molar-refractivity contribution is 0.901. The molecule has 0 unspecified atom stereocenters. The Kier molecular flexibility index (Phi) is 4.54. The van der Waals surface area contributed by atoms with E-state index in [9.17, 15) is 0 Å². The first-order valence-corrected chi connectivity index (χ1v) is 3.42. The molecule has 12 heavy (non-hydrogen) atoms. The van der Waals surface area contributed by atoms with Crippen molar-refractivity contribution in [2.24, 2.45) is 5.73 Å². The molecule has 5 heteroatoms. The van der Waals surface area contributed by atoms with Crippen molar-refractivity contribution in [3.63, 3.8) is 0 Å². The molecule has 0 radical (unpaired) electrons. The van der Waals surface area contributed by atoms with E-state index in [0.29, 0.717) is 12.4 Å². The molecular formula is C7H13ClN4. The van der Waals surface area contributed by atoms with Crippen molar-refractivity contribution in [1.82, 2.24) is 9.97 Å². The van der Waals surface area contributed by atoms with Gasteiger partial charge in [-0.25, -0.2) is 9.97 Å². The Morgan fingerprint density at radius 2 is 1.83 bits per heavy atom. The zero-order valence-electron chi connectivity index (χ0n) is 7.19. The SMILES string of the molecule is CN(C)c1cnc(CN)nc1.Cl. The topological polar surface area (TPSA) is 55.0 Å². The van der Waals surface area contributed by atoms with Gasteiger partial charge in [0.1, 0.15) is 5.82 Å². The van der Waals surface area contributed by atoms with Crippen molar-refractivity contribution in [3.05, 3.63) is 18.2 Å². The van der Waals surface area contributed by atoms with E-state index in [1.54, 1.807) is 12.4 Å². The molecule has 4 nitrogen and oxygen atoms in total. The third kappa shape index (κ3) is 2.64. The van der Waals surface area contributed by atoms with Gasteiger partial charge in [-0.1, -0.05) is 0 Å². The first kappa shape index (κ1) is 11.1. The molecule has 1 aromatic heterocycles. The van der Waals surface area contributed by atoms with E-state index in [2.05, 4.69) is 9.97 Å². The highest BCUT2D eigenvalue weighted by Crippen LogP contribution is 2.05. The van der Waals surface area contributed by atoms with E-state index in [1.807, 2.05) is 19.0 Å². The molecular weight excluding hydrogens is 176 g/mol. The van der Waals surface area contributed by atoms with Gasteiger partial charge in [0.2, 0.25) is 0 Å². The van der Waals surface area contributed by atoms with Gasteiger partial charge in [0, 0.05) is 14.1 Å². The molecule has 0 fully saturated rings. The number of hydrogen-bond donors (Lipinski definition) is 1. The summed E-state index contributed by atoms with van der Waals surface area (Å²) in [6, 6.07) is 0. The zero-order valence-corrected chi connectivity index (χ0v) is 8.01. The number of halogens is 1. The second kappa shape index (κ2) is 4.90. The standard InChI is InChI=1S/C7H12N4.ClH/c1-11(2)6-4-9-7(3-8)10-5-6;/h4-5H,3,8H2,1-2H3;1H. The second-order valence-corrected chi connectivity index (χ2v) is 2.46. The van der Waals surface area contributed by atoms with Gasteiger partial charge < -0.3 is 10.6 Å². The van der Waals surface area contributed by atoms with Crippen LogP contribution in [0.15, 0.2) is 12.4 Å². The third-order valence-corrected chi connectivity index (χ3v) is 1.39. The fourth-order valence-corrected chi connectivity index (χ4v) is 0.684. The lowest BCUT2D eigenvalue weighted by Gasteiger charge is -2.10. The Bertz CT molecular complexity index is 221. The minimum Gasteiger partial charge on any atom is -0.375 e. The molecule has 0 aromatic carbocycles. The van der Waals surface area contributed by atoms with Crippen molar-refractivity contribution >= 4 is 18.1 Å². The maximum Gasteiger partial charge on any atom is 0.141 e. The van der Waals surface area contributed by atoms with Crippen LogP contribution in [0, 0.1) is 0 Å². The monoisotopic (exact) mass is 188 g/mol. The van der Waals surface area contributed by atoms with Gasteiger partial charge in [0.15, 0.2) is 0 Å². The average molecular weight is 189 g/mol. The van der Waals surface area contributed by atoms with Crippen molar-refractivity contribution in [2.45, 2.75) is 6.54 Å². The summed E-state index contributed by atoms with van der Waals surface area (Å²) in [6.45, 7) is 0.397. The predicted octanol–water partition coefficient (Wildman–Crippen LogP) is 0.423. The predicted molar refractivity (Wildman–Crippen MR) is 51.5 cm³/mol. The van der Waals surface area contributed by atoms with Crippen LogP contribution in [0.25, 0.3) is 0 Å². The first-order valence-electron chi connectivity index (χ1n) is 3.42. The summed E-state index contributed by atoms with van der Waals surface area (Å²) in [7, 11) is 3.89. The average Bonchev–Trinajstić information content (AvgIpc) is 2.05. The molecule has 0 saturated carbocycles. The smallest absolute Gasteiger partial charge is 0.141 e. The second-order valence-electron chi connectivity index (χ2n) is 2.46. The van der Waals surface area contributed by atoms with Crippen molar-refractivity contribution < 1.29 is 0 Å². The van der Waals surface area contributed by atoms with Crippen LogP contribution in [0.1, 0.15) is 5.82 Å². The summed E-state index contributed by atoms with van der Waals surface area (Å²) in [4.78, 5) is 10.0. The summed E-state index contributed by atoms with van der Waals surface area (Å²) in [5.74, 6) is 0.676. The number of nitrogens with two attached hydrogens (primary N) is 1. The minimum absolute atomic E-state index is 0. The Balaban J connectivity index is 0.00000121. The normalized spacial score (nSPS) is 8.92. The number of aromatic nitrogens is 2. The van der Waals surface area contributed by atoms with E-state index in [0.717, 1.165) is 5.69 Å². The van der Waals surface area contributed by atoms with Gasteiger partial charge in [-0.3, -0.25) is 0 Å². The van der Waals surface area contributed by atoms with Gasteiger partial charge in [-0.05, 0) is 0 Å². The molecule has 0 saturated heterocycles. The summed E-state index contributed by atoms with van der Waals surface area (Å²) in [6.07, 6.45) is 3.52. The Hall–Kier alpha value is -0.870. The number of hydrogen-bond acceptors (Lipinski definition) is 4. The van der Waals surface area contributed by atoms with Gasteiger partial charge in [-0.2, -0.15) is 0 Å². The van der Waals surface area contributed by atoms with E-state index in [4.69, 9.17) is 5.73 Å². The highest BCUT2D eigenvalue weighted by molar-refractivity contribution is 5.85. The maximum atomic E-state index is 5.34. The Morgan fingerprint density at radius 3 is 2.17 bits per heavy atom. The number of anilines is 1. The number of nitrogens with zero attached hydrogens (tertiary/aromatic N) is 3. The van der Waals surface area contributed by atoms with Gasteiger partial charge >= 0.3 is 0 Å². The first-order chi connectivity index (χ1) is 5.24. The summed E-state index contributed by atoms with van der Waals surface area (Å²) >= 11 is 0. The largest absolute Gasteiger partial charge is 0.375 e. The van der Waals surface area contributed by atoms with Crippen LogP contribution >= 0.6 is 12.4 Å². The highest BCUT2D eigenvalue weighted by atomic mass is 35.5. The highest BCUT2D eigenvalue weighted by Gasteiger charge is 1.95. The molecule has 2 N–H and O–H groups in total. The van der Waals surface area contributed by atoms with Crippen molar-refractivity contribution in [3.8, 4) is 0 Å². The Morgan fingerprint density at radius 1 is 1.33 bits per heavy atom. The quantitative estimate of drug-likeness (QED) is 0.731. The van der Waals surface area contributed by atoms with E-state index in [1.165, 1.54) is 0 Å². The van der Waals surface area contributed by atoms with Crippen LogP contribution in [0.4, 0.5) is 5.69 Å². The Labute approximate surface area is 78.2 Å². The van der Waals surface area contributed by atoms with Gasteiger partial charge in [0.05, 0.1) is 24.6 Å². The van der Waals surface area contributed by atoms with Crippen LogP contribution in [0.3, 0.4) is 0 Å². The lowest BCUT2D eigenvalue weighted by Crippen LogP contribution is -2.11. The molecule has 0 aliphatic rings. The minimum atomic E-state index is 0. The molecule has 1 aromatic rings. The molecule has 68 valence electrons. The number of rotatable bonds is 2. The van der Waals surface area contributed by atoms with Crippen molar-refractivity contribution in [2.75, 3.05) is 19.0 Å². The molecule has 0 aliphatic heterocycles. The molecule has 1 rings (SSSR count). The lowest BCUT2D eigenvalue weighted by atomic mass is 10.5. The van der Waals surface area contributed by atoms with E-state index >= 15 is 0 Å². The molecule has 0 spiro atoms. The molecule has 0 aliphatic carbocycles. The van der Waals surface area contributed by atoms with Crippen LogP contribution in [-0.4, -0.2) is 24.1 Å². The fourth-order valence-electron chi connectivity index (χ4n) is 0.684.